The molecule has 4 aromatic rings. The topological polar surface area (TPSA) is 29.5 Å². The highest BCUT2D eigenvalue weighted by molar-refractivity contribution is 7.14. The fourth-order valence-electron chi connectivity index (χ4n) is 3.36. The minimum atomic E-state index is -0.895. The molecule has 0 bridgehead atoms. The molecule has 0 unspecified atom stereocenters. The molecule has 4 heteroatoms. The van der Waals surface area contributed by atoms with Gasteiger partial charge in [0.25, 0.3) is 0 Å². The van der Waals surface area contributed by atoms with E-state index in [1.807, 2.05) is 66.7 Å². The van der Waals surface area contributed by atoms with Crippen molar-refractivity contribution in [1.29, 1.82) is 0 Å². The maximum absolute atomic E-state index is 10.4. The lowest BCUT2D eigenvalue weighted by atomic mass is 9.94. The molecular weight excluding hydrogens is 412 g/mol. The quantitative estimate of drug-likeness (QED) is 0.339. The van der Waals surface area contributed by atoms with Gasteiger partial charge in [-0.25, -0.2) is 0 Å². The molecule has 0 aliphatic carbocycles. The number of benzene rings is 3. The van der Waals surface area contributed by atoms with Crippen LogP contribution in [0.4, 0.5) is 0 Å². The Kier molecular flexibility index (Phi) is 5.96. The molecule has 1 heterocycles. The molecule has 152 valence electrons. The monoisotopic (exact) mass is 434 g/mol. The van der Waals surface area contributed by atoms with Gasteiger partial charge in [-0.2, -0.15) is 0 Å². The molecule has 0 amide bonds. The van der Waals surface area contributed by atoms with E-state index in [0.29, 0.717) is 11.6 Å². The number of ether oxygens (including phenoxy) is 1. The maximum atomic E-state index is 10.4. The molecule has 0 saturated heterocycles. The highest BCUT2D eigenvalue weighted by Crippen LogP contribution is 2.42. The minimum Gasteiger partial charge on any atom is -0.488 e. The Morgan fingerprint density at radius 2 is 1.70 bits per heavy atom. The van der Waals surface area contributed by atoms with Crippen molar-refractivity contribution in [3.05, 3.63) is 100 Å². The number of aliphatic hydroxyl groups is 1. The van der Waals surface area contributed by atoms with Crippen LogP contribution in [0.25, 0.3) is 21.6 Å². The highest BCUT2D eigenvalue weighted by atomic mass is 35.5. The van der Waals surface area contributed by atoms with Gasteiger partial charge in [0.15, 0.2) is 0 Å². The second kappa shape index (κ2) is 8.65. The van der Waals surface area contributed by atoms with Gasteiger partial charge < -0.3 is 9.84 Å². The normalized spacial score (nSPS) is 11.5. The Labute approximate surface area is 186 Å². The third-order valence-electron chi connectivity index (χ3n) is 4.97. The summed E-state index contributed by atoms with van der Waals surface area (Å²) in [5, 5.41) is 13.2. The number of halogens is 1. The Balaban J connectivity index is 1.72. The van der Waals surface area contributed by atoms with Gasteiger partial charge in [0.2, 0.25) is 0 Å². The smallest absolute Gasteiger partial charge is 0.127 e. The summed E-state index contributed by atoms with van der Waals surface area (Å²) in [6.07, 6.45) is 0. The standard InChI is InChI=1S/C26H23ClO2S/c1-26(2,28)20-10-6-9-19(15-20)25-22(13-14-30-25)23-16-21(27)11-12-24(23)29-17-18-7-4-3-5-8-18/h3-16,28H,17H2,1-2H3. The molecule has 0 spiro atoms. The first kappa shape index (κ1) is 20.7. The van der Waals surface area contributed by atoms with Gasteiger partial charge in [-0.1, -0.05) is 60.1 Å². The van der Waals surface area contributed by atoms with Crippen LogP contribution in [0.15, 0.2) is 84.2 Å². The van der Waals surface area contributed by atoms with E-state index in [4.69, 9.17) is 16.3 Å². The predicted octanol–water partition coefficient (Wildman–Crippen LogP) is 7.54. The lowest BCUT2D eigenvalue weighted by molar-refractivity contribution is 0.0786. The Hall–Kier alpha value is -2.59. The molecule has 0 saturated carbocycles. The molecule has 1 N–H and O–H groups in total. The van der Waals surface area contributed by atoms with E-state index in [2.05, 4.69) is 17.5 Å². The van der Waals surface area contributed by atoms with Gasteiger partial charge in [0, 0.05) is 21.0 Å². The van der Waals surface area contributed by atoms with Crippen molar-refractivity contribution in [3.63, 3.8) is 0 Å². The number of hydrogen-bond acceptors (Lipinski definition) is 3. The Morgan fingerprint density at radius 3 is 2.47 bits per heavy atom. The average Bonchev–Trinajstić information content (AvgIpc) is 3.23. The van der Waals surface area contributed by atoms with Crippen LogP contribution in [0.2, 0.25) is 5.02 Å². The number of hydrogen-bond donors (Lipinski definition) is 1. The fraction of sp³-hybridized carbons (Fsp3) is 0.154. The summed E-state index contributed by atoms with van der Waals surface area (Å²) in [5.41, 5.74) is 4.19. The molecule has 4 rings (SSSR count). The number of thiophene rings is 1. The van der Waals surface area contributed by atoms with Gasteiger partial charge in [-0.3, -0.25) is 0 Å². The van der Waals surface area contributed by atoms with Crippen LogP contribution in [0.3, 0.4) is 0 Å². The molecule has 3 aromatic carbocycles. The van der Waals surface area contributed by atoms with E-state index in [1.54, 1.807) is 25.2 Å². The van der Waals surface area contributed by atoms with E-state index >= 15 is 0 Å². The molecule has 1 aromatic heterocycles. The fourth-order valence-corrected chi connectivity index (χ4v) is 4.44. The molecule has 0 fully saturated rings. The molecule has 0 aliphatic heterocycles. The van der Waals surface area contributed by atoms with Crippen molar-refractivity contribution in [1.82, 2.24) is 0 Å². The first-order valence-corrected chi connectivity index (χ1v) is 11.0. The summed E-state index contributed by atoms with van der Waals surface area (Å²) in [6.45, 7) is 4.09. The van der Waals surface area contributed by atoms with E-state index in [0.717, 1.165) is 38.4 Å². The van der Waals surface area contributed by atoms with Crippen LogP contribution in [-0.4, -0.2) is 5.11 Å². The third kappa shape index (κ3) is 4.59. The van der Waals surface area contributed by atoms with Crippen LogP contribution in [0.1, 0.15) is 25.0 Å². The molecule has 0 radical (unpaired) electrons. The summed E-state index contributed by atoms with van der Waals surface area (Å²) in [5.74, 6) is 0.793. The summed E-state index contributed by atoms with van der Waals surface area (Å²) in [6, 6.07) is 26.0. The van der Waals surface area contributed by atoms with E-state index < -0.39 is 5.60 Å². The zero-order chi connectivity index (χ0) is 21.1. The van der Waals surface area contributed by atoms with E-state index in [-0.39, 0.29) is 0 Å². The molecule has 0 atom stereocenters. The Bertz CT molecular complexity index is 1140. The number of rotatable bonds is 6. The molecule has 0 aliphatic rings. The summed E-state index contributed by atoms with van der Waals surface area (Å²) < 4.78 is 6.18. The zero-order valence-electron chi connectivity index (χ0n) is 16.9. The van der Waals surface area contributed by atoms with Crippen LogP contribution >= 0.6 is 22.9 Å². The van der Waals surface area contributed by atoms with Gasteiger partial charge in [-0.15, -0.1) is 11.3 Å². The first-order valence-electron chi connectivity index (χ1n) is 9.79. The van der Waals surface area contributed by atoms with Crippen molar-refractivity contribution in [2.75, 3.05) is 0 Å². The van der Waals surface area contributed by atoms with Crippen LogP contribution < -0.4 is 4.74 Å². The average molecular weight is 435 g/mol. The molecular formula is C26H23ClO2S. The van der Waals surface area contributed by atoms with Gasteiger partial charge in [0.05, 0.1) is 5.60 Å². The lowest BCUT2D eigenvalue weighted by Crippen LogP contribution is -2.15. The summed E-state index contributed by atoms with van der Waals surface area (Å²) in [7, 11) is 0. The zero-order valence-corrected chi connectivity index (χ0v) is 18.5. The third-order valence-corrected chi connectivity index (χ3v) is 6.16. The maximum Gasteiger partial charge on any atom is 0.127 e. The lowest BCUT2D eigenvalue weighted by Gasteiger charge is -2.19. The van der Waals surface area contributed by atoms with Crippen LogP contribution in [0, 0.1) is 0 Å². The minimum absolute atomic E-state index is 0.489. The second-order valence-corrected chi connectivity index (χ2v) is 9.07. The van der Waals surface area contributed by atoms with Gasteiger partial charge in [-0.05, 0) is 66.2 Å². The van der Waals surface area contributed by atoms with Gasteiger partial charge >= 0.3 is 0 Å². The largest absolute Gasteiger partial charge is 0.488 e. The van der Waals surface area contributed by atoms with Crippen molar-refractivity contribution in [2.24, 2.45) is 0 Å². The van der Waals surface area contributed by atoms with E-state index in [1.165, 1.54) is 0 Å². The van der Waals surface area contributed by atoms with Crippen LogP contribution in [-0.2, 0) is 12.2 Å². The SMILES string of the molecule is CC(C)(O)c1cccc(-c2sccc2-c2cc(Cl)ccc2OCc2ccccc2)c1. The molecule has 30 heavy (non-hydrogen) atoms. The van der Waals surface area contributed by atoms with Crippen molar-refractivity contribution in [3.8, 4) is 27.3 Å². The predicted molar refractivity (Wildman–Crippen MR) is 126 cm³/mol. The van der Waals surface area contributed by atoms with Crippen molar-refractivity contribution in [2.45, 2.75) is 26.1 Å². The molecule has 2 nitrogen and oxygen atoms in total. The first-order chi connectivity index (χ1) is 14.4. The van der Waals surface area contributed by atoms with E-state index in [9.17, 15) is 5.11 Å². The highest BCUT2D eigenvalue weighted by Gasteiger charge is 2.19. The van der Waals surface area contributed by atoms with Crippen LogP contribution in [0.5, 0.6) is 5.75 Å². The van der Waals surface area contributed by atoms with Crippen molar-refractivity contribution >= 4 is 22.9 Å². The Morgan fingerprint density at radius 1 is 0.900 bits per heavy atom. The van der Waals surface area contributed by atoms with Crippen molar-refractivity contribution < 1.29 is 9.84 Å². The summed E-state index contributed by atoms with van der Waals surface area (Å²) in [4.78, 5) is 1.12. The second-order valence-electron chi connectivity index (χ2n) is 7.72. The van der Waals surface area contributed by atoms with Gasteiger partial charge in [0.1, 0.15) is 12.4 Å². The summed E-state index contributed by atoms with van der Waals surface area (Å²) >= 11 is 8.01.